The summed E-state index contributed by atoms with van der Waals surface area (Å²) in [5, 5.41) is 3.42. The van der Waals surface area contributed by atoms with Crippen molar-refractivity contribution in [2.75, 3.05) is 24.5 Å². The average Bonchev–Trinajstić information content (AvgIpc) is 2.49. The molecule has 0 aliphatic rings. The summed E-state index contributed by atoms with van der Waals surface area (Å²) in [6.07, 6.45) is 7.96. The summed E-state index contributed by atoms with van der Waals surface area (Å²) < 4.78 is 0. The maximum absolute atomic E-state index is 4.73. The van der Waals surface area contributed by atoms with Crippen LogP contribution in [0.15, 0.2) is 6.20 Å². The summed E-state index contributed by atoms with van der Waals surface area (Å²) in [6, 6.07) is 0. The van der Waals surface area contributed by atoms with Crippen molar-refractivity contribution in [1.82, 2.24) is 15.3 Å². The predicted octanol–water partition coefficient (Wildman–Crippen LogP) is 3.69. The van der Waals surface area contributed by atoms with Crippen molar-refractivity contribution in [1.29, 1.82) is 0 Å². The van der Waals surface area contributed by atoms with Gasteiger partial charge in [0.15, 0.2) is 0 Å². The van der Waals surface area contributed by atoms with Crippen LogP contribution in [0.5, 0.6) is 0 Å². The molecule has 4 nitrogen and oxygen atoms in total. The summed E-state index contributed by atoms with van der Waals surface area (Å²) in [4.78, 5) is 11.7. The van der Waals surface area contributed by atoms with Crippen LogP contribution in [-0.2, 0) is 6.54 Å². The fraction of sp³-hybridized carbons (Fsp3) is 0.765. The van der Waals surface area contributed by atoms with Crippen LogP contribution in [0.25, 0.3) is 0 Å². The lowest BCUT2D eigenvalue weighted by Crippen LogP contribution is -2.28. The van der Waals surface area contributed by atoms with Gasteiger partial charge in [-0.25, -0.2) is 9.97 Å². The Morgan fingerprint density at radius 2 is 1.71 bits per heavy atom. The minimum Gasteiger partial charge on any atom is -0.341 e. The third-order valence-corrected chi connectivity index (χ3v) is 3.66. The molecule has 0 saturated heterocycles. The number of nitrogens with one attached hydrogen (secondary N) is 1. The van der Waals surface area contributed by atoms with Gasteiger partial charge < -0.3 is 10.2 Å². The number of hydrogen-bond acceptors (Lipinski definition) is 4. The smallest absolute Gasteiger partial charge is 0.225 e. The number of hydrogen-bond donors (Lipinski definition) is 1. The highest BCUT2D eigenvalue weighted by Crippen LogP contribution is 2.13. The highest BCUT2D eigenvalue weighted by atomic mass is 15.2. The second-order valence-corrected chi connectivity index (χ2v) is 5.65. The maximum Gasteiger partial charge on any atom is 0.225 e. The van der Waals surface area contributed by atoms with Gasteiger partial charge in [-0.1, -0.05) is 33.6 Å². The second kappa shape index (κ2) is 10.6. The molecule has 1 heterocycles. The van der Waals surface area contributed by atoms with Gasteiger partial charge in [-0.3, -0.25) is 0 Å². The van der Waals surface area contributed by atoms with E-state index >= 15 is 0 Å². The second-order valence-electron chi connectivity index (χ2n) is 5.65. The third-order valence-electron chi connectivity index (χ3n) is 3.66. The molecule has 0 bridgehead atoms. The van der Waals surface area contributed by atoms with Crippen LogP contribution in [0, 0.1) is 6.92 Å². The van der Waals surface area contributed by atoms with Gasteiger partial charge >= 0.3 is 0 Å². The molecule has 1 N–H and O–H groups in total. The topological polar surface area (TPSA) is 41.1 Å². The summed E-state index contributed by atoms with van der Waals surface area (Å²) in [5.41, 5.74) is 2.31. The first-order valence-electron chi connectivity index (χ1n) is 8.51. The maximum atomic E-state index is 4.73. The van der Waals surface area contributed by atoms with Gasteiger partial charge in [0.25, 0.3) is 0 Å². The molecule has 0 amide bonds. The molecule has 0 aliphatic carbocycles. The minimum atomic E-state index is 0.865. The molecule has 21 heavy (non-hydrogen) atoms. The molecule has 1 rings (SSSR count). The number of rotatable bonds is 11. The lowest BCUT2D eigenvalue weighted by atomic mass is 10.2. The highest BCUT2D eigenvalue weighted by Gasteiger charge is 2.10. The number of aromatic nitrogens is 2. The van der Waals surface area contributed by atoms with Gasteiger partial charge in [-0.15, -0.1) is 0 Å². The Hall–Kier alpha value is -1.16. The van der Waals surface area contributed by atoms with Crippen molar-refractivity contribution >= 4 is 5.95 Å². The monoisotopic (exact) mass is 292 g/mol. The molecule has 0 fully saturated rings. The fourth-order valence-electron chi connectivity index (χ4n) is 2.22. The van der Waals surface area contributed by atoms with Crippen LogP contribution in [-0.4, -0.2) is 29.6 Å². The van der Waals surface area contributed by atoms with E-state index in [1.54, 1.807) is 0 Å². The summed E-state index contributed by atoms with van der Waals surface area (Å²) in [6.45, 7) is 12.8. The molecule has 1 aromatic rings. The lowest BCUT2D eigenvalue weighted by Gasteiger charge is -2.23. The Morgan fingerprint density at radius 1 is 1.05 bits per heavy atom. The third kappa shape index (κ3) is 6.42. The zero-order valence-electron chi connectivity index (χ0n) is 14.3. The molecule has 0 spiro atoms. The van der Waals surface area contributed by atoms with Crippen molar-refractivity contribution in [2.45, 2.75) is 66.3 Å². The van der Waals surface area contributed by atoms with Gasteiger partial charge in [0, 0.05) is 37.1 Å². The zero-order chi connectivity index (χ0) is 15.5. The van der Waals surface area contributed by atoms with Crippen LogP contribution in [0.2, 0.25) is 0 Å². The minimum absolute atomic E-state index is 0.865. The van der Waals surface area contributed by atoms with E-state index in [9.17, 15) is 0 Å². The normalized spacial score (nSPS) is 10.9. The number of unbranched alkanes of at least 4 members (excludes halogenated alkanes) is 2. The lowest BCUT2D eigenvalue weighted by molar-refractivity contribution is 0.652. The summed E-state index contributed by atoms with van der Waals surface area (Å²) in [5.74, 6) is 0.897. The van der Waals surface area contributed by atoms with E-state index in [1.165, 1.54) is 31.2 Å². The van der Waals surface area contributed by atoms with E-state index in [2.05, 4.69) is 42.9 Å². The van der Waals surface area contributed by atoms with Crippen LogP contribution in [0.1, 0.15) is 64.1 Å². The van der Waals surface area contributed by atoms with Crippen LogP contribution >= 0.6 is 0 Å². The van der Waals surface area contributed by atoms with Gasteiger partial charge in [0.1, 0.15) is 0 Å². The first kappa shape index (κ1) is 17.9. The van der Waals surface area contributed by atoms with Crippen molar-refractivity contribution in [3.05, 3.63) is 17.5 Å². The molecule has 0 unspecified atom stereocenters. The first-order valence-corrected chi connectivity index (χ1v) is 8.51. The number of anilines is 1. The Kier molecular flexibility index (Phi) is 8.99. The van der Waals surface area contributed by atoms with E-state index in [1.807, 2.05) is 6.20 Å². The Morgan fingerprint density at radius 3 is 2.24 bits per heavy atom. The van der Waals surface area contributed by atoms with Crippen LogP contribution < -0.4 is 10.2 Å². The highest BCUT2D eigenvalue weighted by molar-refractivity contribution is 5.32. The van der Waals surface area contributed by atoms with E-state index in [-0.39, 0.29) is 0 Å². The average molecular weight is 292 g/mol. The van der Waals surface area contributed by atoms with Crippen molar-refractivity contribution in [3.8, 4) is 0 Å². The molecule has 0 atom stereocenters. The first-order chi connectivity index (χ1) is 10.2. The molecule has 120 valence electrons. The predicted molar refractivity (Wildman–Crippen MR) is 90.8 cm³/mol. The van der Waals surface area contributed by atoms with Crippen LogP contribution in [0.3, 0.4) is 0 Å². The molecule has 4 heteroatoms. The Balaban J connectivity index is 2.71. The van der Waals surface area contributed by atoms with Crippen molar-refractivity contribution in [3.63, 3.8) is 0 Å². The molecule has 0 aromatic carbocycles. The van der Waals surface area contributed by atoms with Gasteiger partial charge in [0.05, 0.1) is 0 Å². The molecule has 1 aromatic heterocycles. The quantitative estimate of drug-likeness (QED) is 0.632. The van der Waals surface area contributed by atoms with Gasteiger partial charge in [0.2, 0.25) is 5.95 Å². The number of nitrogens with zero attached hydrogens (tertiary/aromatic N) is 3. The van der Waals surface area contributed by atoms with Crippen molar-refractivity contribution in [2.24, 2.45) is 0 Å². The van der Waals surface area contributed by atoms with Gasteiger partial charge in [-0.05, 0) is 32.7 Å². The number of aryl methyl sites for hydroxylation is 1. The summed E-state index contributed by atoms with van der Waals surface area (Å²) in [7, 11) is 0. The molecular weight excluding hydrogens is 260 g/mol. The van der Waals surface area contributed by atoms with Gasteiger partial charge in [-0.2, -0.15) is 0 Å². The fourth-order valence-corrected chi connectivity index (χ4v) is 2.22. The van der Waals surface area contributed by atoms with E-state index in [4.69, 9.17) is 4.98 Å². The SMILES string of the molecule is CCCCN(CCCC)c1ncc(CNCCC)c(C)n1. The van der Waals surface area contributed by atoms with E-state index in [0.29, 0.717) is 0 Å². The largest absolute Gasteiger partial charge is 0.341 e. The standard InChI is InChI=1S/C17H32N4/c1-5-8-11-21(12-9-6-2)17-19-14-16(15(4)20-17)13-18-10-7-3/h14,18H,5-13H2,1-4H3. The molecular formula is C17H32N4. The summed E-state index contributed by atoms with van der Waals surface area (Å²) >= 11 is 0. The van der Waals surface area contributed by atoms with E-state index < -0.39 is 0 Å². The zero-order valence-corrected chi connectivity index (χ0v) is 14.3. The molecule has 0 radical (unpaired) electrons. The molecule has 0 saturated carbocycles. The van der Waals surface area contributed by atoms with Crippen LogP contribution in [0.4, 0.5) is 5.95 Å². The Bertz CT molecular complexity index is 384. The van der Waals surface area contributed by atoms with Crippen molar-refractivity contribution < 1.29 is 0 Å². The Labute approximate surface area is 130 Å². The van der Waals surface area contributed by atoms with E-state index in [0.717, 1.165) is 44.2 Å². The molecule has 0 aliphatic heterocycles.